The third-order valence-electron chi connectivity index (χ3n) is 23.6. The van der Waals surface area contributed by atoms with Gasteiger partial charge in [0, 0.05) is 17.8 Å². The minimum Gasteiger partial charge on any atom is -0.374 e. The summed E-state index contributed by atoms with van der Waals surface area (Å²) in [5, 5.41) is 0. The minimum absolute atomic E-state index is 0.114. The van der Waals surface area contributed by atoms with Gasteiger partial charge >= 0.3 is 0 Å². The van der Waals surface area contributed by atoms with E-state index in [1.165, 1.54) is 0 Å². The van der Waals surface area contributed by atoms with Crippen LogP contribution in [0.2, 0.25) is 0 Å². The molecule has 4 heterocycles. The van der Waals surface area contributed by atoms with E-state index in [-0.39, 0.29) is 44.4 Å². The van der Waals surface area contributed by atoms with Crippen LogP contribution in [-0.4, -0.2) is 125 Å². The van der Waals surface area contributed by atoms with Gasteiger partial charge in [0.2, 0.25) is 25.4 Å². The van der Waals surface area contributed by atoms with Gasteiger partial charge in [0.25, 0.3) is 0 Å². The molecule has 16 nitrogen and oxygen atoms in total. The van der Waals surface area contributed by atoms with Crippen LogP contribution in [0.3, 0.4) is 0 Å². The van der Waals surface area contributed by atoms with Crippen LogP contribution in [0, 0.1) is 17.8 Å². The molecule has 16 rings (SSSR count). The van der Waals surface area contributed by atoms with E-state index in [2.05, 4.69) is 0 Å². The Morgan fingerprint density at radius 1 is 0.182 bits per heavy atom. The summed E-state index contributed by atoms with van der Waals surface area (Å²) in [5.74, 6) is -0.802. The molecule has 0 N–H and O–H groups in total. The van der Waals surface area contributed by atoms with E-state index in [0.717, 1.165) is 66.8 Å². The van der Waals surface area contributed by atoms with Gasteiger partial charge in [-0.15, -0.1) is 0 Å². The molecule has 0 spiro atoms. The monoisotopic (exact) mass is 1800 g/mol. The largest absolute Gasteiger partial charge is 0.374 e. The van der Waals surface area contributed by atoms with Crippen LogP contribution in [0.1, 0.15) is 101 Å². The van der Waals surface area contributed by atoms with Crippen molar-refractivity contribution in [2.24, 2.45) is 17.8 Å². The van der Waals surface area contributed by atoms with Gasteiger partial charge in [-0.25, -0.2) is 17.6 Å². The molecule has 12 aromatic carbocycles. The first-order valence-electron chi connectivity index (χ1n) is 45.8. The van der Waals surface area contributed by atoms with E-state index in [9.17, 15) is 4.39 Å². The van der Waals surface area contributed by atoms with Gasteiger partial charge in [-0.1, -0.05) is 392 Å². The quantitative estimate of drug-likeness (QED) is 0.0335. The number of hydrogen-bond donors (Lipinski definition) is 0. The Bertz CT molecular complexity index is 4930. The highest BCUT2D eigenvalue weighted by molar-refractivity contribution is 5.23. The van der Waals surface area contributed by atoms with Crippen LogP contribution in [-0.2, 0) is 155 Å². The van der Waals surface area contributed by atoms with Gasteiger partial charge < -0.3 is 75.8 Å². The number of halogens is 4. The van der Waals surface area contributed by atoms with Crippen molar-refractivity contribution in [2.45, 2.75) is 218 Å². The molecule has 12 unspecified atom stereocenters. The third-order valence-corrected chi connectivity index (χ3v) is 23.6. The lowest BCUT2D eigenvalue weighted by atomic mass is 9.90. The van der Waals surface area contributed by atoms with E-state index in [4.69, 9.17) is 75.8 Å². The highest BCUT2D eigenvalue weighted by Crippen LogP contribution is 2.38. The second-order valence-corrected chi connectivity index (χ2v) is 33.4. The Morgan fingerprint density at radius 2 is 0.371 bits per heavy atom. The Balaban J connectivity index is 0.000000150. The maximum absolute atomic E-state index is 15.2. The fraction of sp³-hybridized carbons (Fsp3) is 0.357. The zero-order chi connectivity index (χ0) is 91.5. The maximum Gasteiger partial charge on any atom is 0.228 e. The highest BCUT2D eigenvalue weighted by Gasteiger charge is 2.51. The first-order chi connectivity index (χ1) is 64.9. The SMILES string of the molecule is CC1C(F)OC(COCc2ccccc2)[C@H](OCc2ccccc2)[C@@H]1OCc1ccccc1.CCC1OC(F)C(OCc2ccccc2)[C@H](OCc2ccccc2)[C@H]1OCc1ccccc1.C[C@@H]1C(OCc2ccccc2)C(F)OC(COCc2ccccc2)[C@@H]1OCc1ccccc1.C[C@H]1C(COCc2ccccc2)OC(F)C(OCc2ccccc2)[C@@H]1OCc1ccccc1. The average Bonchev–Trinajstić information content (AvgIpc) is 0.806. The minimum atomic E-state index is -1.60. The van der Waals surface area contributed by atoms with E-state index in [0.29, 0.717) is 79.1 Å². The normalized spacial score (nSPS) is 25.1. The lowest BCUT2D eigenvalue weighted by Crippen LogP contribution is -2.58. The summed E-state index contributed by atoms with van der Waals surface area (Å²) in [7, 11) is 0. The second-order valence-electron chi connectivity index (χ2n) is 33.4. The van der Waals surface area contributed by atoms with Gasteiger partial charge in [0.1, 0.15) is 48.8 Å². The number of rotatable bonds is 40. The van der Waals surface area contributed by atoms with Gasteiger partial charge in [-0.2, -0.15) is 0 Å². The Hall–Kier alpha value is -10.3. The van der Waals surface area contributed by atoms with Gasteiger partial charge in [-0.3, -0.25) is 0 Å². The summed E-state index contributed by atoms with van der Waals surface area (Å²) in [6.07, 6.45) is -12.9. The molecule has 12 aromatic rings. The van der Waals surface area contributed by atoms with Crippen molar-refractivity contribution in [3.63, 3.8) is 0 Å². The molecule has 4 fully saturated rings. The van der Waals surface area contributed by atoms with Crippen LogP contribution in [0.25, 0.3) is 0 Å². The van der Waals surface area contributed by atoms with Crippen molar-refractivity contribution in [3.05, 3.63) is 431 Å². The van der Waals surface area contributed by atoms with Gasteiger partial charge in [0.15, 0.2) is 0 Å². The molecule has 0 radical (unpaired) electrons. The van der Waals surface area contributed by atoms with E-state index in [1.54, 1.807) is 6.92 Å². The predicted octanol–water partition coefficient (Wildman–Crippen LogP) is 23.0. The van der Waals surface area contributed by atoms with Crippen molar-refractivity contribution in [1.29, 1.82) is 0 Å². The molecule has 0 bridgehead atoms. The topological polar surface area (TPSA) is 148 Å². The molecule has 4 aliphatic heterocycles. The van der Waals surface area contributed by atoms with Crippen molar-refractivity contribution in [2.75, 3.05) is 19.8 Å². The summed E-state index contributed by atoms with van der Waals surface area (Å²) in [6, 6.07) is 118. The number of benzene rings is 12. The molecular weight excluding hydrogens is 1680 g/mol. The lowest BCUT2D eigenvalue weighted by molar-refractivity contribution is -0.292. The lowest BCUT2D eigenvalue weighted by Gasteiger charge is -2.43. The molecule has 696 valence electrons. The number of hydrogen-bond acceptors (Lipinski definition) is 16. The predicted molar refractivity (Wildman–Crippen MR) is 500 cm³/mol. The molecule has 0 amide bonds. The molecule has 0 aliphatic carbocycles. The standard InChI is InChI=1S/4C28H31FO4/c1-21-26(31-18-23-13-7-3-8-14-23)27(32-19-24-15-9-4-10-16-24)25(33-28(21)29)20-30-17-22-11-5-2-6-12-22;1-21-26(31-18-23-13-7-3-8-14-23)25(20-30-17-22-11-5-2-6-12-22)33-28(29)27(21)32-19-24-15-9-4-10-16-24;1-21-25(20-30-17-22-11-5-2-6-12-22)33-28(29)27(32-19-24-15-9-4-10-16-24)26(21)31-18-23-13-7-3-8-14-23;1-2-24-25(30-18-21-12-6-3-7-13-21)26(31-19-22-14-8-4-9-15-22)27(28(29)33-24)32-20-23-16-10-5-11-17-23/h3*2-16,21,25-28H,17-20H2,1H3;3-17,24-28H,2,18-20H2,1H3/t21?,25?,26-,27+,28?;2*21-,25?,26+,27?,28?;24?,25-,26+,27?,28?/m1000/s1. The molecule has 4 saturated heterocycles. The first kappa shape index (κ1) is 99.2. The van der Waals surface area contributed by atoms with E-state index < -0.39 is 105 Å². The molecule has 132 heavy (non-hydrogen) atoms. The van der Waals surface area contributed by atoms with Crippen molar-refractivity contribution in [3.8, 4) is 0 Å². The third kappa shape index (κ3) is 31.7. The fourth-order valence-electron chi connectivity index (χ4n) is 16.2. The van der Waals surface area contributed by atoms with Crippen LogP contribution < -0.4 is 0 Å². The number of ether oxygens (including phenoxy) is 16. The Labute approximate surface area is 775 Å². The molecule has 0 saturated carbocycles. The second kappa shape index (κ2) is 54.8. The smallest absolute Gasteiger partial charge is 0.228 e. The van der Waals surface area contributed by atoms with E-state index >= 15 is 13.2 Å². The zero-order valence-corrected chi connectivity index (χ0v) is 75.5. The van der Waals surface area contributed by atoms with Crippen LogP contribution in [0.15, 0.2) is 364 Å². The molecule has 20 heteroatoms. The molecule has 0 aromatic heterocycles. The highest BCUT2D eigenvalue weighted by atomic mass is 19.2. The average molecular weight is 1800 g/mol. The summed E-state index contributed by atoms with van der Waals surface area (Å²) in [5.41, 5.74) is 12.3. The summed E-state index contributed by atoms with van der Waals surface area (Å²) in [4.78, 5) is 0. The Morgan fingerprint density at radius 3 is 0.667 bits per heavy atom. The Kier molecular flexibility index (Phi) is 41.2. The maximum atomic E-state index is 15.2. The van der Waals surface area contributed by atoms with Crippen LogP contribution in [0.5, 0.6) is 0 Å². The molecule has 4 aliphatic rings. The van der Waals surface area contributed by atoms with Crippen LogP contribution in [0.4, 0.5) is 17.6 Å². The summed E-state index contributed by atoms with van der Waals surface area (Å²) < 4.78 is 157. The van der Waals surface area contributed by atoms with Gasteiger partial charge in [-0.05, 0) is 73.2 Å². The molecular formula is C112H124F4O16. The van der Waals surface area contributed by atoms with Gasteiger partial charge in [0.05, 0.1) is 130 Å². The van der Waals surface area contributed by atoms with E-state index in [1.807, 2.05) is 385 Å². The summed E-state index contributed by atoms with van der Waals surface area (Å²) in [6.45, 7) is 13.0. The zero-order valence-electron chi connectivity index (χ0n) is 75.5. The van der Waals surface area contributed by atoms with Crippen molar-refractivity contribution in [1.82, 2.24) is 0 Å². The molecule has 20 atom stereocenters. The van der Waals surface area contributed by atoms with Crippen LogP contribution >= 0.6 is 0 Å². The summed E-state index contributed by atoms with van der Waals surface area (Å²) >= 11 is 0. The number of alkyl halides is 4. The van der Waals surface area contributed by atoms with Crippen molar-refractivity contribution >= 4 is 0 Å². The fourth-order valence-corrected chi connectivity index (χ4v) is 16.2. The van der Waals surface area contributed by atoms with Crippen molar-refractivity contribution < 1.29 is 93.4 Å². The first-order valence-corrected chi connectivity index (χ1v) is 45.8.